The van der Waals surface area contributed by atoms with E-state index in [1.54, 1.807) is 6.07 Å². The Morgan fingerprint density at radius 3 is 2.77 bits per heavy atom. The summed E-state index contributed by atoms with van der Waals surface area (Å²) in [5, 5.41) is 11.0. The molecule has 0 saturated heterocycles. The van der Waals surface area contributed by atoms with Crippen LogP contribution in [0.25, 0.3) is 0 Å². The third kappa shape index (κ3) is 1.26. The summed E-state index contributed by atoms with van der Waals surface area (Å²) in [6, 6.07) is 3.64. The molecule has 1 aromatic rings. The molecule has 3 N–H and O–H groups in total. The molecular formula is C9H11NO2S. The van der Waals surface area contributed by atoms with Crippen molar-refractivity contribution in [1.29, 1.82) is 0 Å². The van der Waals surface area contributed by atoms with Crippen LogP contribution in [0.1, 0.15) is 17.7 Å². The first-order valence-corrected chi connectivity index (χ1v) is 5.10. The lowest BCUT2D eigenvalue weighted by atomic mass is 9.93. The van der Waals surface area contributed by atoms with Gasteiger partial charge in [-0.15, -0.1) is 11.3 Å². The molecule has 1 atom stereocenters. The van der Waals surface area contributed by atoms with E-state index in [2.05, 4.69) is 0 Å². The standard InChI is InChI=1S/C9H11NO2S/c10-9(8(11)12,6-3-4-6)7-2-1-5-13-7/h1-2,5-6H,3-4,10H2,(H,11,12). The van der Waals surface area contributed by atoms with Crippen LogP contribution >= 0.6 is 11.3 Å². The van der Waals surface area contributed by atoms with Crippen LogP contribution in [0.4, 0.5) is 0 Å². The largest absolute Gasteiger partial charge is 0.480 e. The van der Waals surface area contributed by atoms with Gasteiger partial charge in [0.05, 0.1) is 0 Å². The van der Waals surface area contributed by atoms with Crippen LogP contribution in [0.2, 0.25) is 0 Å². The molecule has 1 aliphatic carbocycles. The van der Waals surface area contributed by atoms with E-state index in [1.165, 1.54) is 11.3 Å². The highest BCUT2D eigenvalue weighted by molar-refractivity contribution is 7.10. The van der Waals surface area contributed by atoms with Crippen molar-refractivity contribution in [3.05, 3.63) is 22.4 Å². The van der Waals surface area contributed by atoms with Crippen LogP contribution in [-0.4, -0.2) is 11.1 Å². The number of hydrogen-bond donors (Lipinski definition) is 2. The van der Waals surface area contributed by atoms with Gasteiger partial charge in [-0.25, -0.2) is 4.79 Å². The maximum Gasteiger partial charge on any atom is 0.329 e. The molecule has 0 spiro atoms. The Morgan fingerprint density at radius 2 is 2.38 bits per heavy atom. The molecule has 4 heteroatoms. The Kier molecular flexibility index (Phi) is 1.89. The van der Waals surface area contributed by atoms with Gasteiger partial charge in [0, 0.05) is 4.88 Å². The molecular weight excluding hydrogens is 186 g/mol. The summed E-state index contributed by atoms with van der Waals surface area (Å²) >= 11 is 1.42. The van der Waals surface area contributed by atoms with Crippen molar-refractivity contribution in [2.45, 2.75) is 18.4 Å². The van der Waals surface area contributed by atoms with Crippen molar-refractivity contribution in [3.8, 4) is 0 Å². The first-order valence-electron chi connectivity index (χ1n) is 4.22. The Labute approximate surface area is 80.2 Å². The molecule has 2 rings (SSSR count). The number of rotatable bonds is 3. The van der Waals surface area contributed by atoms with E-state index in [9.17, 15) is 4.79 Å². The number of thiophene rings is 1. The van der Waals surface area contributed by atoms with Gasteiger partial charge in [-0.2, -0.15) is 0 Å². The number of carbonyl (C=O) groups is 1. The van der Waals surface area contributed by atoms with Gasteiger partial charge in [0.25, 0.3) is 0 Å². The molecule has 1 aromatic heterocycles. The molecule has 1 unspecified atom stereocenters. The number of carboxylic acids is 1. The van der Waals surface area contributed by atoms with E-state index in [0.717, 1.165) is 17.7 Å². The quantitative estimate of drug-likeness (QED) is 0.769. The zero-order chi connectivity index (χ0) is 9.47. The SMILES string of the molecule is NC(C(=O)O)(c1cccs1)C1CC1. The number of carboxylic acid groups (broad SMARTS) is 1. The summed E-state index contributed by atoms with van der Waals surface area (Å²) in [6.45, 7) is 0. The Hall–Kier alpha value is -0.870. The Balaban J connectivity index is 2.38. The van der Waals surface area contributed by atoms with Crippen molar-refractivity contribution < 1.29 is 9.90 Å². The topological polar surface area (TPSA) is 63.3 Å². The molecule has 0 amide bonds. The average molecular weight is 197 g/mol. The van der Waals surface area contributed by atoms with Crippen molar-refractivity contribution in [2.75, 3.05) is 0 Å². The highest BCUT2D eigenvalue weighted by Crippen LogP contribution is 2.45. The minimum Gasteiger partial charge on any atom is -0.480 e. The first kappa shape index (κ1) is 8.72. The summed E-state index contributed by atoms with van der Waals surface area (Å²) in [6.07, 6.45) is 1.86. The minimum atomic E-state index is -1.13. The molecule has 3 nitrogen and oxygen atoms in total. The van der Waals surface area contributed by atoms with Gasteiger partial charge >= 0.3 is 5.97 Å². The predicted octanol–water partition coefficient (Wildman–Crippen LogP) is 1.40. The fraction of sp³-hybridized carbons (Fsp3) is 0.444. The van der Waals surface area contributed by atoms with Crippen molar-refractivity contribution in [1.82, 2.24) is 0 Å². The van der Waals surface area contributed by atoms with Gasteiger partial charge in [-0.05, 0) is 30.2 Å². The highest BCUT2D eigenvalue weighted by atomic mass is 32.1. The fourth-order valence-corrected chi connectivity index (χ4v) is 2.44. The second-order valence-corrected chi connectivity index (χ2v) is 4.37. The molecule has 13 heavy (non-hydrogen) atoms. The van der Waals surface area contributed by atoms with E-state index in [-0.39, 0.29) is 5.92 Å². The van der Waals surface area contributed by atoms with E-state index in [1.807, 2.05) is 11.4 Å². The van der Waals surface area contributed by atoms with E-state index >= 15 is 0 Å². The second kappa shape index (κ2) is 2.82. The lowest BCUT2D eigenvalue weighted by molar-refractivity contribution is -0.144. The molecule has 0 aliphatic heterocycles. The zero-order valence-electron chi connectivity index (χ0n) is 7.06. The lowest BCUT2D eigenvalue weighted by Gasteiger charge is -2.22. The van der Waals surface area contributed by atoms with E-state index in [4.69, 9.17) is 10.8 Å². The number of nitrogens with two attached hydrogens (primary N) is 1. The second-order valence-electron chi connectivity index (χ2n) is 3.43. The van der Waals surface area contributed by atoms with Crippen LogP contribution in [0.3, 0.4) is 0 Å². The van der Waals surface area contributed by atoms with Crippen molar-refractivity contribution >= 4 is 17.3 Å². The maximum absolute atomic E-state index is 11.1. The van der Waals surface area contributed by atoms with Crippen LogP contribution < -0.4 is 5.73 Å². The van der Waals surface area contributed by atoms with Crippen LogP contribution in [-0.2, 0) is 10.3 Å². The molecule has 1 aliphatic rings. The van der Waals surface area contributed by atoms with Crippen molar-refractivity contribution in [3.63, 3.8) is 0 Å². The minimum absolute atomic E-state index is 0.128. The number of hydrogen-bond acceptors (Lipinski definition) is 3. The average Bonchev–Trinajstić information content (AvgIpc) is 2.80. The zero-order valence-corrected chi connectivity index (χ0v) is 7.88. The Morgan fingerprint density at radius 1 is 1.69 bits per heavy atom. The van der Waals surface area contributed by atoms with Crippen molar-refractivity contribution in [2.24, 2.45) is 11.7 Å². The maximum atomic E-state index is 11.1. The molecule has 70 valence electrons. The lowest BCUT2D eigenvalue weighted by Crippen LogP contribution is -2.46. The first-order chi connectivity index (χ1) is 6.15. The summed E-state index contributed by atoms with van der Waals surface area (Å²) < 4.78 is 0. The normalized spacial score (nSPS) is 21.0. The van der Waals surface area contributed by atoms with Gasteiger partial charge in [-0.1, -0.05) is 6.07 Å². The molecule has 1 heterocycles. The molecule has 0 aromatic carbocycles. The molecule has 1 fully saturated rings. The fourth-order valence-electron chi connectivity index (χ4n) is 1.53. The summed E-state index contributed by atoms with van der Waals surface area (Å²) in [4.78, 5) is 11.8. The summed E-state index contributed by atoms with van der Waals surface area (Å²) in [5.41, 5.74) is 4.79. The third-order valence-electron chi connectivity index (χ3n) is 2.50. The summed E-state index contributed by atoms with van der Waals surface area (Å²) in [7, 11) is 0. The van der Waals surface area contributed by atoms with E-state index in [0.29, 0.717) is 0 Å². The predicted molar refractivity (Wildman–Crippen MR) is 50.5 cm³/mol. The smallest absolute Gasteiger partial charge is 0.329 e. The van der Waals surface area contributed by atoms with Gasteiger partial charge in [-0.3, -0.25) is 0 Å². The van der Waals surface area contributed by atoms with Crippen LogP contribution in [0.15, 0.2) is 17.5 Å². The van der Waals surface area contributed by atoms with Crippen LogP contribution in [0.5, 0.6) is 0 Å². The Bertz CT molecular complexity index is 318. The van der Waals surface area contributed by atoms with Gasteiger partial charge in [0.1, 0.15) is 0 Å². The molecule has 1 saturated carbocycles. The van der Waals surface area contributed by atoms with E-state index < -0.39 is 11.5 Å². The molecule has 0 bridgehead atoms. The number of aliphatic carboxylic acids is 1. The molecule has 0 radical (unpaired) electrons. The monoisotopic (exact) mass is 197 g/mol. The van der Waals surface area contributed by atoms with Crippen LogP contribution in [0, 0.1) is 5.92 Å². The van der Waals surface area contributed by atoms with Gasteiger partial charge < -0.3 is 10.8 Å². The van der Waals surface area contributed by atoms with Gasteiger partial charge in [0.2, 0.25) is 0 Å². The highest BCUT2D eigenvalue weighted by Gasteiger charge is 2.50. The third-order valence-corrected chi connectivity index (χ3v) is 3.53. The summed E-state index contributed by atoms with van der Waals surface area (Å²) in [5.74, 6) is -0.777. The van der Waals surface area contributed by atoms with Gasteiger partial charge in [0.15, 0.2) is 5.54 Å².